The Hall–Kier alpha value is -2.38. The minimum Gasteiger partial charge on any atom is -0.309 e. The summed E-state index contributed by atoms with van der Waals surface area (Å²) in [5.41, 5.74) is 5.59. The summed E-state index contributed by atoms with van der Waals surface area (Å²) >= 11 is 0. The maximum Gasteiger partial charge on any atom is 0.0386 e. The molecule has 0 spiro atoms. The first-order valence-corrected chi connectivity index (χ1v) is 10.6. The smallest absolute Gasteiger partial charge is 0.0386 e. The molecule has 0 heterocycles. The molecule has 3 aromatic rings. The van der Waals surface area contributed by atoms with Gasteiger partial charge in [-0.25, -0.2) is 0 Å². The zero-order valence-corrected chi connectivity index (χ0v) is 17.4. The van der Waals surface area contributed by atoms with Gasteiger partial charge in [0, 0.05) is 12.0 Å². The van der Waals surface area contributed by atoms with E-state index in [9.17, 15) is 0 Å². The van der Waals surface area contributed by atoms with Crippen molar-refractivity contribution in [3.05, 3.63) is 107 Å². The molecule has 0 fully saturated rings. The van der Waals surface area contributed by atoms with Gasteiger partial charge >= 0.3 is 0 Å². The van der Waals surface area contributed by atoms with Gasteiger partial charge in [-0.2, -0.15) is 0 Å². The van der Waals surface area contributed by atoms with Gasteiger partial charge in [-0.05, 0) is 47.6 Å². The van der Waals surface area contributed by atoms with Crippen molar-refractivity contribution in [2.45, 2.75) is 51.5 Å². The van der Waals surface area contributed by atoms with Crippen LogP contribution in [0.3, 0.4) is 0 Å². The maximum atomic E-state index is 3.83. The molecule has 3 aromatic carbocycles. The molecule has 0 saturated carbocycles. The van der Waals surface area contributed by atoms with Crippen LogP contribution >= 0.6 is 0 Å². The zero-order chi connectivity index (χ0) is 19.8. The average Bonchev–Trinajstić information content (AvgIpc) is 2.75. The van der Waals surface area contributed by atoms with Gasteiger partial charge in [0.05, 0.1) is 0 Å². The van der Waals surface area contributed by atoms with E-state index in [0.717, 1.165) is 19.4 Å². The summed E-state index contributed by atoms with van der Waals surface area (Å²) in [5.74, 6) is 1.02. The van der Waals surface area contributed by atoms with Crippen molar-refractivity contribution in [3.8, 4) is 0 Å². The Kier molecular flexibility index (Phi) is 7.45. The molecule has 0 aliphatic carbocycles. The van der Waals surface area contributed by atoms with Crippen LogP contribution in [-0.2, 0) is 6.42 Å². The minimum absolute atomic E-state index is 0.326. The van der Waals surface area contributed by atoms with E-state index in [0.29, 0.717) is 17.9 Å². The molecule has 1 heteroatoms. The fourth-order valence-electron chi connectivity index (χ4n) is 3.81. The maximum absolute atomic E-state index is 3.83. The second kappa shape index (κ2) is 10.2. The van der Waals surface area contributed by atoms with E-state index in [1.54, 1.807) is 0 Å². The fourth-order valence-corrected chi connectivity index (χ4v) is 3.81. The van der Waals surface area contributed by atoms with Crippen LogP contribution in [0.5, 0.6) is 0 Å². The van der Waals surface area contributed by atoms with Gasteiger partial charge in [0.15, 0.2) is 0 Å². The second-order valence-electron chi connectivity index (χ2n) is 8.04. The first-order valence-electron chi connectivity index (χ1n) is 10.6. The first-order chi connectivity index (χ1) is 13.6. The predicted molar refractivity (Wildman–Crippen MR) is 121 cm³/mol. The van der Waals surface area contributed by atoms with Crippen LogP contribution in [0.15, 0.2) is 84.9 Å². The van der Waals surface area contributed by atoms with E-state index in [2.05, 4.69) is 111 Å². The quantitative estimate of drug-likeness (QED) is 0.404. The highest BCUT2D eigenvalue weighted by atomic mass is 14.9. The van der Waals surface area contributed by atoms with Gasteiger partial charge in [0.25, 0.3) is 0 Å². The number of nitrogens with one attached hydrogen (secondary N) is 1. The van der Waals surface area contributed by atoms with Crippen LogP contribution in [0.1, 0.15) is 67.3 Å². The second-order valence-corrected chi connectivity index (χ2v) is 8.04. The molecule has 1 N–H and O–H groups in total. The first kappa shape index (κ1) is 20.4. The standard InChI is InChI=1S/C27H33N/c1-21(2)24-18-16-23(17-19-24)11-10-20-28-27(26-14-8-5-9-15-26)22(3)25-12-6-4-7-13-25/h4-9,12-19,21-22,27-28H,10-11,20H2,1-3H3/t22-,27+/m1/s1. The number of rotatable bonds is 9. The Morgan fingerprint density at radius 3 is 1.79 bits per heavy atom. The summed E-state index contributed by atoms with van der Waals surface area (Å²) in [7, 11) is 0. The molecule has 0 radical (unpaired) electrons. The van der Waals surface area contributed by atoms with Crippen molar-refractivity contribution in [2.24, 2.45) is 0 Å². The Labute approximate surface area is 170 Å². The molecule has 1 nitrogen and oxygen atoms in total. The third-order valence-corrected chi connectivity index (χ3v) is 5.64. The lowest BCUT2D eigenvalue weighted by molar-refractivity contribution is 0.461. The molecule has 0 saturated heterocycles. The highest BCUT2D eigenvalue weighted by Gasteiger charge is 2.19. The van der Waals surface area contributed by atoms with Crippen LogP contribution in [0.25, 0.3) is 0 Å². The van der Waals surface area contributed by atoms with Gasteiger partial charge in [-0.3, -0.25) is 0 Å². The lowest BCUT2D eigenvalue weighted by Gasteiger charge is -2.26. The topological polar surface area (TPSA) is 12.0 Å². The Morgan fingerprint density at radius 2 is 1.21 bits per heavy atom. The van der Waals surface area contributed by atoms with Gasteiger partial charge in [0.1, 0.15) is 0 Å². The minimum atomic E-state index is 0.326. The lowest BCUT2D eigenvalue weighted by Crippen LogP contribution is -2.27. The number of benzene rings is 3. The normalized spacial score (nSPS) is 13.4. The molecule has 0 aliphatic rings. The monoisotopic (exact) mass is 371 g/mol. The van der Waals surface area contributed by atoms with E-state index in [-0.39, 0.29) is 0 Å². The van der Waals surface area contributed by atoms with Crippen molar-refractivity contribution in [2.75, 3.05) is 6.54 Å². The highest BCUT2D eigenvalue weighted by Crippen LogP contribution is 2.30. The summed E-state index contributed by atoms with van der Waals surface area (Å²) in [6.45, 7) is 7.83. The molecule has 3 rings (SSSR count). The summed E-state index contributed by atoms with van der Waals surface area (Å²) in [6, 6.07) is 31.1. The third kappa shape index (κ3) is 5.56. The summed E-state index contributed by atoms with van der Waals surface area (Å²) in [5, 5.41) is 3.83. The molecular formula is C27H33N. The van der Waals surface area contributed by atoms with Crippen LogP contribution < -0.4 is 5.32 Å². The third-order valence-electron chi connectivity index (χ3n) is 5.64. The van der Waals surface area contributed by atoms with Crippen LogP contribution in [-0.4, -0.2) is 6.54 Å². The van der Waals surface area contributed by atoms with E-state index in [1.807, 2.05) is 0 Å². The Morgan fingerprint density at radius 1 is 0.643 bits per heavy atom. The van der Waals surface area contributed by atoms with Crippen molar-refractivity contribution in [3.63, 3.8) is 0 Å². The Balaban J connectivity index is 1.60. The molecule has 146 valence electrons. The molecule has 2 atom stereocenters. The molecule has 0 amide bonds. The van der Waals surface area contributed by atoms with Gasteiger partial charge in [-0.15, -0.1) is 0 Å². The lowest BCUT2D eigenvalue weighted by atomic mass is 9.88. The number of hydrogen-bond acceptors (Lipinski definition) is 1. The van der Waals surface area contributed by atoms with Crippen molar-refractivity contribution < 1.29 is 0 Å². The molecular weight excluding hydrogens is 338 g/mol. The average molecular weight is 372 g/mol. The van der Waals surface area contributed by atoms with Crippen molar-refractivity contribution in [1.29, 1.82) is 0 Å². The zero-order valence-electron chi connectivity index (χ0n) is 17.4. The number of hydrogen-bond donors (Lipinski definition) is 1. The van der Waals surface area contributed by atoms with E-state index >= 15 is 0 Å². The van der Waals surface area contributed by atoms with Gasteiger partial charge in [0.2, 0.25) is 0 Å². The van der Waals surface area contributed by atoms with Crippen LogP contribution in [0.2, 0.25) is 0 Å². The summed E-state index contributed by atoms with van der Waals surface area (Å²) in [6.07, 6.45) is 2.26. The highest BCUT2D eigenvalue weighted by molar-refractivity contribution is 5.28. The number of aryl methyl sites for hydroxylation is 1. The van der Waals surface area contributed by atoms with Crippen molar-refractivity contribution >= 4 is 0 Å². The van der Waals surface area contributed by atoms with Crippen LogP contribution in [0, 0.1) is 0 Å². The molecule has 0 aromatic heterocycles. The van der Waals surface area contributed by atoms with Gasteiger partial charge in [-0.1, -0.05) is 106 Å². The summed E-state index contributed by atoms with van der Waals surface area (Å²) in [4.78, 5) is 0. The molecule has 0 bridgehead atoms. The van der Waals surface area contributed by atoms with Crippen molar-refractivity contribution in [1.82, 2.24) is 5.32 Å². The summed E-state index contributed by atoms with van der Waals surface area (Å²) < 4.78 is 0. The molecule has 28 heavy (non-hydrogen) atoms. The van der Waals surface area contributed by atoms with E-state index in [1.165, 1.54) is 22.3 Å². The SMILES string of the molecule is CC(C)c1ccc(CCCN[C@H](c2ccccc2)[C@H](C)c2ccccc2)cc1. The van der Waals surface area contributed by atoms with E-state index in [4.69, 9.17) is 0 Å². The molecule has 0 unspecified atom stereocenters. The predicted octanol–water partition coefficient (Wildman–Crippen LogP) is 6.88. The largest absolute Gasteiger partial charge is 0.309 e. The van der Waals surface area contributed by atoms with Gasteiger partial charge < -0.3 is 5.32 Å². The van der Waals surface area contributed by atoms with E-state index < -0.39 is 0 Å². The van der Waals surface area contributed by atoms with Crippen LogP contribution in [0.4, 0.5) is 0 Å². The molecule has 0 aliphatic heterocycles. The Bertz CT molecular complexity index is 806. The fraction of sp³-hybridized carbons (Fsp3) is 0.333.